The van der Waals surface area contributed by atoms with E-state index in [1.165, 1.54) is 30.3 Å². The highest BCUT2D eigenvalue weighted by Gasteiger charge is 2.16. The maximum absolute atomic E-state index is 13.7. The molecular weight excluding hydrogens is 347 g/mol. The lowest BCUT2D eigenvalue weighted by Gasteiger charge is -2.07. The van der Waals surface area contributed by atoms with Crippen molar-refractivity contribution in [3.8, 4) is 11.3 Å². The number of benzene rings is 2. The summed E-state index contributed by atoms with van der Waals surface area (Å²) in [5.74, 6) is -1.57. The Hall–Kier alpha value is -3.12. The Morgan fingerprint density at radius 1 is 0.880 bits per heavy atom. The van der Waals surface area contributed by atoms with E-state index in [2.05, 4.69) is 10.9 Å². The molecule has 0 unspecified atom stereocenters. The van der Waals surface area contributed by atoms with Crippen LogP contribution in [0.5, 0.6) is 0 Å². The van der Waals surface area contributed by atoms with E-state index in [0.29, 0.717) is 0 Å². The zero-order valence-electron chi connectivity index (χ0n) is 12.8. The largest absolute Gasteiger partial charge is 0.451 e. The highest BCUT2D eigenvalue weighted by molar-refractivity contribution is 6.33. The van der Waals surface area contributed by atoms with E-state index in [0.717, 1.165) is 0 Å². The van der Waals surface area contributed by atoms with Gasteiger partial charge in [0.2, 0.25) is 0 Å². The van der Waals surface area contributed by atoms with Crippen LogP contribution in [-0.2, 0) is 0 Å². The molecule has 2 N–H and O–H groups in total. The number of nitrogens with one attached hydrogen (secondary N) is 2. The summed E-state index contributed by atoms with van der Waals surface area (Å²) in [4.78, 5) is 24.0. The lowest BCUT2D eigenvalue weighted by molar-refractivity contribution is 0.0831. The second kappa shape index (κ2) is 7.19. The van der Waals surface area contributed by atoms with Crippen LogP contribution >= 0.6 is 11.6 Å². The van der Waals surface area contributed by atoms with E-state index >= 15 is 0 Å². The van der Waals surface area contributed by atoms with Crippen molar-refractivity contribution in [2.75, 3.05) is 0 Å². The van der Waals surface area contributed by atoms with Crippen molar-refractivity contribution in [3.05, 3.63) is 82.8 Å². The fourth-order valence-corrected chi connectivity index (χ4v) is 2.38. The molecule has 0 saturated heterocycles. The summed E-state index contributed by atoms with van der Waals surface area (Å²) in [7, 11) is 0. The molecular formula is C18H12ClFN2O3. The lowest BCUT2D eigenvalue weighted by atomic mass is 10.1. The molecule has 1 heterocycles. The second-order valence-corrected chi connectivity index (χ2v) is 5.44. The molecule has 0 fully saturated rings. The fourth-order valence-electron chi connectivity index (χ4n) is 2.15. The summed E-state index contributed by atoms with van der Waals surface area (Å²) < 4.78 is 19.1. The minimum Gasteiger partial charge on any atom is -0.451 e. The van der Waals surface area contributed by atoms with Crippen molar-refractivity contribution < 1.29 is 18.4 Å². The monoisotopic (exact) mass is 358 g/mol. The molecule has 3 rings (SSSR count). The van der Waals surface area contributed by atoms with E-state index in [4.69, 9.17) is 16.0 Å². The predicted molar refractivity (Wildman–Crippen MR) is 90.5 cm³/mol. The van der Waals surface area contributed by atoms with Gasteiger partial charge in [-0.15, -0.1) is 0 Å². The highest BCUT2D eigenvalue weighted by atomic mass is 35.5. The molecule has 0 aliphatic carbocycles. The van der Waals surface area contributed by atoms with Gasteiger partial charge in [-0.2, -0.15) is 0 Å². The van der Waals surface area contributed by atoms with Gasteiger partial charge < -0.3 is 4.42 Å². The molecule has 3 aromatic rings. The predicted octanol–water partition coefficient (Wildman–Crippen LogP) is 3.81. The maximum atomic E-state index is 13.7. The summed E-state index contributed by atoms with van der Waals surface area (Å²) in [6, 6.07) is 15.3. The molecule has 0 radical (unpaired) electrons. The summed E-state index contributed by atoms with van der Waals surface area (Å²) in [6.45, 7) is 0. The zero-order chi connectivity index (χ0) is 17.8. The third-order valence-electron chi connectivity index (χ3n) is 3.38. The quantitative estimate of drug-likeness (QED) is 0.699. The average Bonchev–Trinajstić information content (AvgIpc) is 3.10. The minimum atomic E-state index is -0.678. The van der Waals surface area contributed by atoms with Gasteiger partial charge in [0.25, 0.3) is 5.91 Å². The van der Waals surface area contributed by atoms with Crippen molar-refractivity contribution in [1.82, 2.24) is 10.9 Å². The van der Waals surface area contributed by atoms with Crippen molar-refractivity contribution >= 4 is 23.4 Å². The maximum Gasteiger partial charge on any atom is 0.305 e. The van der Waals surface area contributed by atoms with Gasteiger partial charge >= 0.3 is 5.91 Å². The van der Waals surface area contributed by atoms with E-state index in [1.54, 1.807) is 30.3 Å². The van der Waals surface area contributed by atoms with Crippen molar-refractivity contribution in [1.29, 1.82) is 0 Å². The van der Waals surface area contributed by atoms with E-state index < -0.39 is 17.6 Å². The summed E-state index contributed by atoms with van der Waals surface area (Å²) in [5, 5.41) is 0.258. The van der Waals surface area contributed by atoms with Gasteiger partial charge in [-0.25, -0.2) is 4.39 Å². The first-order valence-electron chi connectivity index (χ1n) is 7.26. The van der Waals surface area contributed by atoms with Crippen LogP contribution in [0.3, 0.4) is 0 Å². The Labute approximate surface area is 147 Å². The van der Waals surface area contributed by atoms with E-state index in [-0.39, 0.29) is 27.7 Å². The fraction of sp³-hybridized carbons (Fsp3) is 0. The summed E-state index contributed by atoms with van der Waals surface area (Å²) in [6.07, 6.45) is 0. The van der Waals surface area contributed by atoms with Crippen LogP contribution in [-0.4, -0.2) is 11.8 Å². The molecule has 0 bridgehead atoms. The van der Waals surface area contributed by atoms with Gasteiger partial charge in [0.05, 0.1) is 16.1 Å². The van der Waals surface area contributed by atoms with Crippen molar-refractivity contribution in [2.24, 2.45) is 0 Å². The van der Waals surface area contributed by atoms with Crippen LogP contribution in [0.1, 0.15) is 20.9 Å². The first-order chi connectivity index (χ1) is 12.1. The molecule has 0 saturated carbocycles. The van der Waals surface area contributed by atoms with Gasteiger partial charge in [-0.3, -0.25) is 20.4 Å². The van der Waals surface area contributed by atoms with Gasteiger partial charge in [-0.1, -0.05) is 35.9 Å². The number of hydrazine groups is 1. The Balaban J connectivity index is 1.68. The second-order valence-electron chi connectivity index (χ2n) is 5.03. The van der Waals surface area contributed by atoms with Gasteiger partial charge in [0.1, 0.15) is 11.6 Å². The van der Waals surface area contributed by atoms with Crippen LogP contribution in [0.2, 0.25) is 5.02 Å². The molecule has 126 valence electrons. The minimum absolute atomic E-state index is 0.0716. The topological polar surface area (TPSA) is 71.3 Å². The molecule has 0 spiro atoms. The standard InChI is InChI=1S/C18H12ClFN2O3/c19-13-7-3-1-5-11(13)17(23)21-22-18(24)16-10-9-15(25-16)12-6-2-4-8-14(12)20/h1-10H,(H,21,23)(H,22,24). The molecule has 5 nitrogen and oxygen atoms in total. The molecule has 0 aliphatic rings. The number of amides is 2. The molecule has 0 atom stereocenters. The van der Waals surface area contributed by atoms with Gasteiger partial charge in [0, 0.05) is 0 Å². The highest BCUT2D eigenvalue weighted by Crippen LogP contribution is 2.24. The van der Waals surface area contributed by atoms with Crippen LogP contribution in [0.25, 0.3) is 11.3 Å². The van der Waals surface area contributed by atoms with Gasteiger partial charge in [0.15, 0.2) is 5.76 Å². The Bertz CT molecular complexity index is 939. The van der Waals surface area contributed by atoms with Crippen LogP contribution < -0.4 is 10.9 Å². The van der Waals surface area contributed by atoms with Crippen molar-refractivity contribution in [3.63, 3.8) is 0 Å². The van der Waals surface area contributed by atoms with E-state index in [9.17, 15) is 14.0 Å². The summed E-state index contributed by atoms with van der Waals surface area (Å²) in [5.41, 5.74) is 4.92. The third-order valence-corrected chi connectivity index (χ3v) is 3.71. The SMILES string of the molecule is O=C(NNC(=O)c1ccccc1Cl)c1ccc(-c2ccccc2F)o1. The number of halogens is 2. The van der Waals surface area contributed by atoms with E-state index in [1.807, 2.05) is 0 Å². The number of furan rings is 1. The van der Waals surface area contributed by atoms with Crippen LogP contribution in [0, 0.1) is 5.82 Å². The molecule has 2 aromatic carbocycles. The number of hydrogen-bond donors (Lipinski definition) is 2. The zero-order valence-corrected chi connectivity index (χ0v) is 13.5. The van der Waals surface area contributed by atoms with Crippen molar-refractivity contribution in [2.45, 2.75) is 0 Å². The number of hydrogen-bond acceptors (Lipinski definition) is 3. The number of rotatable bonds is 3. The molecule has 25 heavy (non-hydrogen) atoms. The lowest BCUT2D eigenvalue weighted by Crippen LogP contribution is -2.41. The smallest absolute Gasteiger partial charge is 0.305 e. The van der Waals surface area contributed by atoms with Crippen LogP contribution in [0.4, 0.5) is 4.39 Å². The number of carbonyl (C=O) groups excluding carboxylic acids is 2. The Morgan fingerprint density at radius 3 is 2.32 bits per heavy atom. The first kappa shape index (κ1) is 16.7. The molecule has 2 amide bonds. The normalized spacial score (nSPS) is 10.3. The Morgan fingerprint density at radius 2 is 1.56 bits per heavy atom. The summed E-state index contributed by atoms with van der Waals surface area (Å²) >= 11 is 5.91. The molecule has 1 aromatic heterocycles. The molecule has 7 heteroatoms. The Kier molecular flexibility index (Phi) is 4.81. The first-order valence-corrected chi connectivity index (χ1v) is 7.64. The van der Waals surface area contributed by atoms with Gasteiger partial charge in [-0.05, 0) is 36.4 Å². The molecule has 0 aliphatic heterocycles. The number of carbonyl (C=O) groups is 2. The third kappa shape index (κ3) is 3.70. The average molecular weight is 359 g/mol. The van der Waals surface area contributed by atoms with Crippen LogP contribution in [0.15, 0.2) is 65.1 Å².